The number of benzene rings is 9. The van der Waals surface area contributed by atoms with E-state index < -0.39 is 0 Å². The lowest BCUT2D eigenvalue weighted by Crippen LogP contribution is -1.96. The molecule has 0 amide bonds. The highest BCUT2D eigenvalue weighted by molar-refractivity contribution is 7.26. The second-order valence-corrected chi connectivity index (χ2v) is 15.0. The number of aromatic nitrogens is 2. The predicted molar refractivity (Wildman–Crippen MR) is 225 cm³/mol. The third-order valence-electron chi connectivity index (χ3n) is 11.0. The van der Waals surface area contributed by atoms with Gasteiger partial charge >= 0.3 is 0 Å². The quantitative estimate of drug-likeness (QED) is 0.185. The van der Waals surface area contributed by atoms with Gasteiger partial charge in [0.05, 0.1) is 16.7 Å². The average molecular weight is 693 g/mol. The van der Waals surface area contributed by atoms with Crippen LogP contribution in [0.1, 0.15) is 0 Å². The maximum atomic E-state index is 6.85. The molecular weight excluding hydrogens is 665 g/mol. The van der Waals surface area contributed by atoms with Crippen LogP contribution < -0.4 is 0 Å². The van der Waals surface area contributed by atoms with Gasteiger partial charge in [-0.3, -0.25) is 0 Å². The van der Waals surface area contributed by atoms with E-state index in [1.54, 1.807) is 11.3 Å². The highest BCUT2D eigenvalue weighted by Gasteiger charge is 2.21. The third-order valence-corrected chi connectivity index (χ3v) is 12.1. The normalized spacial score (nSPS) is 12.2. The number of hydrogen-bond acceptors (Lipinski definition) is 3. The molecule has 12 aromatic rings. The molecule has 0 aliphatic rings. The zero-order valence-corrected chi connectivity index (χ0v) is 29.2. The standard InChI is InChI=1S/C49H28N2OS/c1-2-11-31-27-32(18-17-29(31)9-1)33-20-25-44-39(28-33)47-45(53-44)26-22-40-48(47)52-49(50-40)37-21-24-42(36-14-6-5-13-35(36)37)51-41-16-8-7-15-38(41)46-34-12-4-3-10-30(34)19-23-43(46)51/h1-28H. The molecule has 0 saturated heterocycles. The fraction of sp³-hybridized carbons (Fsp3) is 0. The lowest BCUT2D eigenvalue weighted by atomic mass is 9.99. The molecule has 246 valence electrons. The maximum absolute atomic E-state index is 6.85. The van der Waals surface area contributed by atoms with E-state index in [0.29, 0.717) is 5.89 Å². The van der Waals surface area contributed by atoms with Crippen LogP contribution in [0, 0.1) is 0 Å². The number of hydrogen-bond donors (Lipinski definition) is 0. The number of oxazole rings is 1. The van der Waals surface area contributed by atoms with Gasteiger partial charge in [0.25, 0.3) is 0 Å². The number of thiophene rings is 1. The van der Waals surface area contributed by atoms with Crippen molar-refractivity contribution in [2.24, 2.45) is 0 Å². The van der Waals surface area contributed by atoms with Crippen LogP contribution in [0.25, 0.3) is 114 Å². The van der Waals surface area contributed by atoms with Crippen LogP contribution in [0.3, 0.4) is 0 Å². The van der Waals surface area contributed by atoms with Crippen molar-refractivity contribution in [1.29, 1.82) is 0 Å². The Morgan fingerprint density at radius 3 is 2.06 bits per heavy atom. The topological polar surface area (TPSA) is 31.0 Å². The van der Waals surface area contributed by atoms with E-state index in [4.69, 9.17) is 9.40 Å². The van der Waals surface area contributed by atoms with Crippen LogP contribution >= 0.6 is 11.3 Å². The molecule has 4 heteroatoms. The molecule has 12 rings (SSSR count). The van der Waals surface area contributed by atoms with Gasteiger partial charge < -0.3 is 8.98 Å². The van der Waals surface area contributed by atoms with E-state index in [2.05, 4.69) is 174 Å². The first-order valence-corrected chi connectivity index (χ1v) is 18.8. The van der Waals surface area contributed by atoms with E-state index >= 15 is 0 Å². The van der Waals surface area contributed by atoms with Gasteiger partial charge in [-0.2, -0.15) is 0 Å². The Balaban J connectivity index is 1.05. The van der Waals surface area contributed by atoms with Crippen LogP contribution in [-0.4, -0.2) is 9.55 Å². The molecule has 0 bridgehead atoms. The summed E-state index contributed by atoms with van der Waals surface area (Å²) in [5.74, 6) is 0.633. The van der Waals surface area contributed by atoms with Crippen LogP contribution in [0.4, 0.5) is 0 Å². The molecule has 0 atom stereocenters. The molecular formula is C49H28N2OS. The Morgan fingerprint density at radius 2 is 1.15 bits per heavy atom. The molecule has 0 radical (unpaired) electrons. The van der Waals surface area contributed by atoms with Crippen LogP contribution in [0.2, 0.25) is 0 Å². The Labute approximate surface area is 307 Å². The van der Waals surface area contributed by atoms with Gasteiger partial charge in [-0.25, -0.2) is 4.98 Å². The zero-order valence-electron chi connectivity index (χ0n) is 28.4. The van der Waals surface area contributed by atoms with Gasteiger partial charge in [0.2, 0.25) is 5.89 Å². The molecule has 0 spiro atoms. The zero-order chi connectivity index (χ0) is 34.6. The summed E-state index contributed by atoms with van der Waals surface area (Å²) in [7, 11) is 0. The summed E-state index contributed by atoms with van der Waals surface area (Å²) in [6.45, 7) is 0. The van der Waals surface area contributed by atoms with E-state index in [1.165, 1.54) is 69.3 Å². The summed E-state index contributed by atoms with van der Waals surface area (Å²) in [6, 6.07) is 61.3. The highest BCUT2D eigenvalue weighted by atomic mass is 32.1. The first-order chi connectivity index (χ1) is 26.3. The number of fused-ring (bicyclic) bond motifs is 12. The first kappa shape index (κ1) is 28.9. The van der Waals surface area contributed by atoms with Gasteiger partial charge in [0.15, 0.2) is 5.58 Å². The molecule has 9 aromatic carbocycles. The Hall–Kier alpha value is -6.75. The van der Waals surface area contributed by atoms with Crippen molar-refractivity contribution in [3.8, 4) is 28.3 Å². The minimum absolute atomic E-state index is 0.633. The Morgan fingerprint density at radius 1 is 0.453 bits per heavy atom. The molecule has 0 N–H and O–H groups in total. The molecule has 3 aromatic heterocycles. The van der Waals surface area contributed by atoms with Crippen molar-refractivity contribution in [2.75, 3.05) is 0 Å². The monoisotopic (exact) mass is 692 g/mol. The molecule has 0 unspecified atom stereocenters. The summed E-state index contributed by atoms with van der Waals surface area (Å²) in [5, 5.41) is 12.1. The summed E-state index contributed by atoms with van der Waals surface area (Å²) >= 11 is 1.80. The number of rotatable bonds is 3. The minimum atomic E-state index is 0.633. The molecule has 3 heterocycles. The highest BCUT2D eigenvalue weighted by Crippen LogP contribution is 2.44. The van der Waals surface area contributed by atoms with Gasteiger partial charge in [-0.1, -0.05) is 115 Å². The maximum Gasteiger partial charge on any atom is 0.227 e. The van der Waals surface area contributed by atoms with E-state index in [-0.39, 0.29) is 0 Å². The predicted octanol–water partition coefficient (Wildman–Crippen LogP) is 14.1. The van der Waals surface area contributed by atoms with Crippen molar-refractivity contribution in [3.63, 3.8) is 0 Å². The molecule has 53 heavy (non-hydrogen) atoms. The van der Waals surface area contributed by atoms with Gasteiger partial charge in [0, 0.05) is 41.9 Å². The van der Waals surface area contributed by atoms with Crippen LogP contribution in [0.5, 0.6) is 0 Å². The molecule has 3 nitrogen and oxygen atoms in total. The first-order valence-electron chi connectivity index (χ1n) is 18.0. The Bertz CT molecular complexity index is 3470. The average Bonchev–Trinajstić information content (AvgIpc) is 3.92. The molecule has 0 aliphatic heterocycles. The van der Waals surface area contributed by atoms with Gasteiger partial charge in [-0.15, -0.1) is 11.3 Å². The summed E-state index contributed by atoms with van der Waals surface area (Å²) in [5.41, 5.74) is 8.60. The van der Waals surface area contributed by atoms with Crippen molar-refractivity contribution < 1.29 is 4.42 Å². The summed E-state index contributed by atoms with van der Waals surface area (Å²) < 4.78 is 11.7. The fourth-order valence-corrected chi connectivity index (χ4v) is 9.66. The van der Waals surface area contributed by atoms with Crippen molar-refractivity contribution in [3.05, 3.63) is 170 Å². The smallest absolute Gasteiger partial charge is 0.227 e. The SMILES string of the molecule is c1ccc2cc(-c3ccc4sc5ccc6nc(-c7ccc(-n8c9ccccc9c9c%10ccccc%10ccc98)c8ccccc78)oc6c5c4c3)ccc2c1. The second-order valence-electron chi connectivity index (χ2n) is 13.9. The number of nitrogens with zero attached hydrogens (tertiary/aromatic N) is 2. The molecule has 0 aliphatic carbocycles. The lowest BCUT2D eigenvalue weighted by Gasteiger charge is -2.13. The van der Waals surface area contributed by atoms with E-state index in [0.717, 1.165) is 38.5 Å². The number of para-hydroxylation sites is 1. The van der Waals surface area contributed by atoms with Crippen molar-refractivity contribution >= 4 is 96.7 Å². The molecule has 0 saturated carbocycles. The van der Waals surface area contributed by atoms with Crippen LogP contribution in [-0.2, 0) is 0 Å². The largest absolute Gasteiger partial charge is 0.435 e. The van der Waals surface area contributed by atoms with Crippen LogP contribution in [0.15, 0.2) is 174 Å². The fourth-order valence-electron chi connectivity index (χ4n) is 8.57. The summed E-state index contributed by atoms with van der Waals surface area (Å²) in [6.07, 6.45) is 0. The Kier molecular flexibility index (Phi) is 5.93. The van der Waals surface area contributed by atoms with Crippen molar-refractivity contribution in [2.45, 2.75) is 0 Å². The van der Waals surface area contributed by atoms with Crippen molar-refractivity contribution in [1.82, 2.24) is 9.55 Å². The van der Waals surface area contributed by atoms with E-state index in [1.807, 2.05) is 0 Å². The van der Waals surface area contributed by atoms with Gasteiger partial charge in [0.1, 0.15) is 5.52 Å². The van der Waals surface area contributed by atoms with E-state index in [9.17, 15) is 0 Å². The molecule has 0 fully saturated rings. The lowest BCUT2D eigenvalue weighted by molar-refractivity contribution is 0.624. The summed E-state index contributed by atoms with van der Waals surface area (Å²) in [4.78, 5) is 5.14. The second kappa shape index (κ2) is 10.9. The van der Waals surface area contributed by atoms with Gasteiger partial charge in [-0.05, 0) is 92.7 Å². The minimum Gasteiger partial charge on any atom is -0.435 e. The third kappa shape index (κ3) is 4.18.